The summed E-state index contributed by atoms with van der Waals surface area (Å²) in [6.45, 7) is 4.07. The molecule has 1 aromatic carbocycles. The highest BCUT2D eigenvalue weighted by atomic mass is 35.5. The summed E-state index contributed by atoms with van der Waals surface area (Å²) in [4.78, 5) is 14.2. The highest BCUT2D eigenvalue weighted by Gasteiger charge is 2.25. The molecule has 1 saturated heterocycles. The smallest absolute Gasteiger partial charge is 0.222 e. The standard InChI is InChI=1S/C17H24Cl2N2O2/c1-12(20)13-5-3-9-21(11-13)16(22)8-4-10-23-15-7-2-6-14(18)17(15)19/h2,6-7,12-13H,3-5,8-11,20H2,1H3/t12-,13-/m1/s1. The summed E-state index contributed by atoms with van der Waals surface area (Å²) in [5, 5.41) is 0.881. The molecule has 0 aliphatic carbocycles. The lowest BCUT2D eigenvalue weighted by Crippen LogP contribution is -2.45. The van der Waals surface area contributed by atoms with E-state index in [-0.39, 0.29) is 11.9 Å². The fraction of sp³-hybridized carbons (Fsp3) is 0.588. The molecule has 4 nitrogen and oxygen atoms in total. The molecule has 128 valence electrons. The van der Waals surface area contributed by atoms with Crippen molar-refractivity contribution in [1.29, 1.82) is 0 Å². The number of likely N-dealkylation sites (tertiary alicyclic amines) is 1. The molecule has 2 atom stereocenters. The van der Waals surface area contributed by atoms with Gasteiger partial charge in [-0.15, -0.1) is 0 Å². The number of ether oxygens (including phenoxy) is 1. The topological polar surface area (TPSA) is 55.6 Å². The Bertz CT molecular complexity index is 537. The first kappa shape index (κ1) is 18.4. The van der Waals surface area contributed by atoms with Gasteiger partial charge in [-0.2, -0.15) is 0 Å². The minimum absolute atomic E-state index is 0.138. The highest BCUT2D eigenvalue weighted by Crippen LogP contribution is 2.31. The van der Waals surface area contributed by atoms with Crippen molar-refractivity contribution in [2.24, 2.45) is 11.7 Å². The summed E-state index contributed by atoms with van der Waals surface area (Å²) in [7, 11) is 0. The van der Waals surface area contributed by atoms with Gasteiger partial charge in [0.05, 0.1) is 11.6 Å². The third-order valence-corrected chi connectivity index (χ3v) is 5.06. The Morgan fingerprint density at radius 2 is 2.26 bits per heavy atom. The SMILES string of the molecule is C[C@@H](N)[C@@H]1CCCN(C(=O)CCCOc2cccc(Cl)c2Cl)C1. The number of carbonyl (C=O) groups is 1. The first-order chi connectivity index (χ1) is 11.0. The number of hydrogen-bond donors (Lipinski definition) is 1. The minimum atomic E-state index is 0.138. The second-order valence-electron chi connectivity index (χ2n) is 6.11. The van der Waals surface area contributed by atoms with E-state index in [4.69, 9.17) is 33.7 Å². The molecule has 0 radical (unpaired) electrons. The third kappa shape index (κ3) is 5.27. The molecule has 0 spiro atoms. The first-order valence-electron chi connectivity index (χ1n) is 8.09. The van der Waals surface area contributed by atoms with Crippen molar-refractivity contribution in [2.45, 2.75) is 38.6 Å². The summed E-state index contributed by atoms with van der Waals surface area (Å²) in [6.07, 6.45) is 3.27. The molecular formula is C17H24Cl2N2O2. The van der Waals surface area contributed by atoms with Crippen LogP contribution in [0.5, 0.6) is 5.75 Å². The van der Waals surface area contributed by atoms with Gasteiger partial charge in [0, 0.05) is 25.6 Å². The average molecular weight is 359 g/mol. The summed E-state index contributed by atoms with van der Waals surface area (Å²) in [5.74, 6) is 1.15. The zero-order chi connectivity index (χ0) is 16.8. The molecular weight excluding hydrogens is 335 g/mol. The Hall–Kier alpha value is -0.970. The molecule has 23 heavy (non-hydrogen) atoms. The maximum absolute atomic E-state index is 12.3. The maximum Gasteiger partial charge on any atom is 0.222 e. The van der Waals surface area contributed by atoms with Gasteiger partial charge in [0.25, 0.3) is 0 Å². The van der Waals surface area contributed by atoms with Crippen LogP contribution in [0.1, 0.15) is 32.6 Å². The molecule has 2 rings (SSSR count). The van der Waals surface area contributed by atoms with Crippen LogP contribution in [0.15, 0.2) is 18.2 Å². The van der Waals surface area contributed by atoms with Crippen LogP contribution in [-0.2, 0) is 4.79 Å². The Labute approximate surface area is 147 Å². The van der Waals surface area contributed by atoms with Gasteiger partial charge in [-0.1, -0.05) is 29.3 Å². The number of carbonyl (C=O) groups excluding carboxylic acids is 1. The molecule has 1 aromatic rings. The van der Waals surface area contributed by atoms with E-state index in [1.807, 2.05) is 11.8 Å². The van der Waals surface area contributed by atoms with E-state index in [9.17, 15) is 4.79 Å². The molecule has 1 aliphatic heterocycles. The largest absolute Gasteiger partial charge is 0.492 e. The van der Waals surface area contributed by atoms with E-state index in [1.54, 1.807) is 18.2 Å². The lowest BCUT2D eigenvalue weighted by Gasteiger charge is -2.34. The normalized spacial score (nSPS) is 19.5. The van der Waals surface area contributed by atoms with Crippen LogP contribution < -0.4 is 10.5 Å². The number of halogens is 2. The van der Waals surface area contributed by atoms with Crippen molar-refractivity contribution in [2.75, 3.05) is 19.7 Å². The Kier molecular flexibility index (Phi) is 7.00. The Balaban J connectivity index is 1.73. The van der Waals surface area contributed by atoms with E-state index >= 15 is 0 Å². The number of piperidine rings is 1. The minimum Gasteiger partial charge on any atom is -0.492 e. The van der Waals surface area contributed by atoms with Gasteiger partial charge in [0.1, 0.15) is 10.8 Å². The molecule has 2 N–H and O–H groups in total. The third-order valence-electron chi connectivity index (χ3n) is 4.26. The van der Waals surface area contributed by atoms with Gasteiger partial charge in [0.15, 0.2) is 0 Å². The van der Waals surface area contributed by atoms with Crippen molar-refractivity contribution < 1.29 is 9.53 Å². The fourth-order valence-corrected chi connectivity index (χ4v) is 3.17. The van der Waals surface area contributed by atoms with E-state index in [0.717, 1.165) is 25.9 Å². The quantitative estimate of drug-likeness (QED) is 0.788. The van der Waals surface area contributed by atoms with Crippen molar-refractivity contribution in [1.82, 2.24) is 4.90 Å². The van der Waals surface area contributed by atoms with Crippen LogP contribution in [0.4, 0.5) is 0 Å². The molecule has 1 aliphatic rings. The van der Waals surface area contributed by atoms with Crippen molar-refractivity contribution in [3.8, 4) is 5.75 Å². The lowest BCUT2D eigenvalue weighted by atomic mass is 9.92. The van der Waals surface area contributed by atoms with Crippen LogP contribution in [-0.4, -0.2) is 36.5 Å². The summed E-state index contributed by atoms with van der Waals surface area (Å²) < 4.78 is 5.61. The molecule has 1 amide bonds. The van der Waals surface area contributed by atoms with Gasteiger partial charge in [-0.05, 0) is 44.2 Å². The molecule has 0 unspecified atom stereocenters. The van der Waals surface area contributed by atoms with Crippen molar-refractivity contribution in [3.05, 3.63) is 28.2 Å². The predicted octanol–water partition coefficient (Wildman–Crippen LogP) is 3.74. The van der Waals surface area contributed by atoms with Gasteiger partial charge >= 0.3 is 0 Å². The van der Waals surface area contributed by atoms with Gasteiger partial charge in [-0.25, -0.2) is 0 Å². The summed E-state index contributed by atoms with van der Waals surface area (Å²) in [5.41, 5.74) is 5.96. The van der Waals surface area contributed by atoms with Gasteiger partial charge in [-0.3, -0.25) is 4.79 Å². The molecule has 1 fully saturated rings. The van der Waals surface area contributed by atoms with Crippen LogP contribution in [0.2, 0.25) is 10.0 Å². The number of nitrogens with zero attached hydrogens (tertiary/aromatic N) is 1. The van der Waals surface area contributed by atoms with Crippen LogP contribution >= 0.6 is 23.2 Å². The van der Waals surface area contributed by atoms with Crippen LogP contribution in [0, 0.1) is 5.92 Å². The molecule has 1 heterocycles. The molecule has 0 saturated carbocycles. The van der Waals surface area contributed by atoms with Crippen molar-refractivity contribution >= 4 is 29.1 Å². The zero-order valence-electron chi connectivity index (χ0n) is 13.4. The number of rotatable bonds is 6. The van der Waals surface area contributed by atoms with Crippen LogP contribution in [0.25, 0.3) is 0 Å². The highest BCUT2D eigenvalue weighted by molar-refractivity contribution is 6.42. The van der Waals surface area contributed by atoms with Gasteiger partial charge in [0.2, 0.25) is 5.91 Å². The Morgan fingerprint density at radius 1 is 1.48 bits per heavy atom. The van der Waals surface area contributed by atoms with E-state index in [1.165, 1.54) is 0 Å². The summed E-state index contributed by atoms with van der Waals surface area (Å²) >= 11 is 12.0. The van der Waals surface area contributed by atoms with E-state index in [2.05, 4.69) is 0 Å². The van der Waals surface area contributed by atoms with E-state index < -0.39 is 0 Å². The fourth-order valence-electron chi connectivity index (χ4n) is 2.82. The Morgan fingerprint density at radius 3 is 3.00 bits per heavy atom. The van der Waals surface area contributed by atoms with Crippen LogP contribution in [0.3, 0.4) is 0 Å². The summed E-state index contributed by atoms with van der Waals surface area (Å²) in [6, 6.07) is 5.41. The second kappa shape index (κ2) is 8.76. The molecule has 0 aromatic heterocycles. The number of nitrogens with two attached hydrogens (primary N) is 1. The number of hydrogen-bond acceptors (Lipinski definition) is 3. The lowest BCUT2D eigenvalue weighted by molar-refractivity contribution is -0.133. The first-order valence-corrected chi connectivity index (χ1v) is 8.84. The molecule has 6 heteroatoms. The monoisotopic (exact) mass is 358 g/mol. The van der Waals surface area contributed by atoms with Gasteiger partial charge < -0.3 is 15.4 Å². The maximum atomic E-state index is 12.3. The second-order valence-corrected chi connectivity index (χ2v) is 6.89. The van der Waals surface area contributed by atoms with Crippen molar-refractivity contribution in [3.63, 3.8) is 0 Å². The number of benzene rings is 1. The molecule has 0 bridgehead atoms. The van der Waals surface area contributed by atoms with E-state index in [0.29, 0.717) is 41.2 Å². The predicted molar refractivity (Wildman–Crippen MR) is 94.1 cm³/mol. The average Bonchev–Trinajstić information content (AvgIpc) is 2.55. The number of amides is 1. The zero-order valence-corrected chi connectivity index (χ0v) is 14.9.